The Morgan fingerprint density at radius 3 is 2.69 bits per heavy atom. The van der Waals surface area contributed by atoms with Gasteiger partial charge in [0.1, 0.15) is 0 Å². The molecule has 1 N–H and O–H groups in total. The molecule has 4 rings (SSSR count). The Bertz CT molecular complexity index is 947. The van der Waals surface area contributed by atoms with Gasteiger partial charge in [-0.15, -0.1) is 11.3 Å². The Kier molecular flexibility index (Phi) is 4.55. The Labute approximate surface area is 156 Å². The van der Waals surface area contributed by atoms with E-state index < -0.39 is 10.0 Å². The van der Waals surface area contributed by atoms with Crippen molar-refractivity contribution in [2.24, 2.45) is 0 Å². The summed E-state index contributed by atoms with van der Waals surface area (Å²) < 4.78 is 27.4. The van der Waals surface area contributed by atoms with Gasteiger partial charge in [-0.1, -0.05) is 0 Å². The van der Waals surface area contributed by atoms with E-state index in [4.69, 9.17) is 0 Å². The molecule has 7 nitrogen and oxygen atoms in total. The number of piperazine rings is 1. The van der Waals surface area contributed by atoms with Crippen molar-refractivity contribution in [1.29, 1.82) is 0 Å². The van der Waals surface area contributed by atoms with E-state index in [9.17, 15) is 13.2 Å². The quantitative estimate of drug-likeness (QED) is 0.852. The summed E-state index contributed by atoms with van der Waals surface area (Å²) in [6.07, 6.45) is 0.237. The van der Waals surface area contributed by atoms with Gasteiger partial charge >= 0.3 is 0 Å². The molecule has 3 heterocycles. The van der Waals surface area contributed by atoms with Crippen LogP contribution in [-0.4, -0.2) is 54.7 Å². The molecular formula is C17H20N4O3S2. The molecule has 26 heavy (non-hydrogen) atoms. The molecule has 138 valence electrons. The van der Waals surface area contributed by atoms with E-state index in [1.807, 2.05) is 12.4 Å². The summed E-state index contributed by atoms with van der Waals surface area (Å²) in [5.41, 5.74) is 4.35. The van der Waals surface area contributed by atoms with E-state index in [1.54, 1.807) is 29.5 Å². The second-order valence-electron chi connectivity index (χ2n) is 6.59. The first kappa shape index (κ1) is 17.6. The zero-order valence-electron chi connectivity index (χ0n) is 14.4. The van der Waals surface area contributed by atoms with Gasteiger partial charge < -0.3 is 5.32 Å². The van der Waals surface area contributed by atoms with Gasteiger partial charge in [0.2, 0.25) is 15.9 Å². The number of carbonyl (C=O) groups excluding carboxylic acids is 1. The van der Waals surface area contributed by atoms with Crippen LogP contribution in [0.5, 0.6) is 0 Å². The Balaban J connectivity index is 1.44. The first-order chi connectivity index (χ1) is 12.4. The van der Waals surface area contributed by atoms with Gasteiger partial charge in [0.15, 0.2) is 0 Å². The van der Waals surface area contributed by atoms with Crippen molar-refractivity contribution in [2.75, 3.05) is 31.5 Å². The normalized spacial score (nSPS) is 18.7. The minimum absolute atomic E-state index is 0.0958. The van der Waals surface area contributed by atoms with Crippen molar-refractivity contribution in [3.63, 3.8) is 0 Å². The summed E-state index contributed by atoms with van der Waals surface area (Å²) in [5.74, 6) is -0.0958. The number of aromatic nitrogens is 1. The van der Waals surface area contributed by atoms with E-state index in [1.165, 1.54) is 9.18 Å². The number of amides is 1. The van der Waals surface area contributed by atoms with Crippen LogP contribution in [0.25, 0.3) is 0 Å². The molecule has 1 amide bonds. The summed E-state index contributed by atoms with van der Waals surface area (Å²) in [5, 5.41) is 2.73. The fourth-order valence-corrected chi connectivity index (χ4v) is 5.62. The van der Waals surface area contributed by atoms with E-state index in [0.29, 0.717) is 31.9 Å². The molecule has 0 spiro atoms. The van der Waals surface area contributed by atoms with Gasteiger partial charge in [-0.25, -0.2) is 13.4 Å². The molecule has 0 bridgehead atoms. The second-order valence-corrected chi connectivity index (χ2v) is 9.46. The van der Waals surface area contributed by atoms with Crippen molar-refractivity contribution in [2.45, 2.75) is 24.8 Å². The van der Waals surface area contributed by atoms with Gasteiger partial charge in [0.05, 0.1) is 22.5 Å². The summed E-state index contributed by atoms with van der Waals surface area (Å²) in [4.78, 5) is 19.5. The molecule has 0 radical (unpaired) electrons. The molecule has 0 aliphatic carbocycles. The topological polar surface area (TPSA) is 82.6 Å². The zero-order valence-corrected chi connectivity index (χ0v) is 16.1. The van der Waals surface area contributed by atoms with Crippen LogP contribution in [0.3, 0.4) is 0 Å². The molecule has 0 unspecified atom stereocenters. The third-order valence-corrected chi connectivity index (χ3v) is 7.70. The van der Waals surface area contributed by atoms with E-state index in [0.717, 1.165) is 17.8 Å². The summed E-state index contributed by atoms with van der Waals surface area (Å²) in [6, 6.07) is 4.87. The third kappa shape index (κ3) is 3.27. The molecule has 2 aromatic rings. The van der Waals surface area contributed by atoms with Crippen molar-refractivity contribution in [1.82, 2.24) is 14.2 Å². The maximum Gasteiger partial charge on any atom is 0.243 e. The fourth-order valence-electron chi connectivity index (χ4n) is 3.32. The van der Waals surface area contributed by atoms with Gasteiger partial charge in [0.25, 0.3) is 0 Å². The molecule has 1 aromatic heterocycles. The van der Waals surface area contributed by atoms with Gasteiger partial charge in [-0.2, -0.15) is 4.31 Å². The number of hydrogen-bond acceptors (Lipinski definition) is 6. The van der Waals surface area contributed by atoms with Crippen molar-refractivity contribution in [3.8, 4) is 0 Å². The second kappa shape index (κ2) is 6.73. The largest absolute Gasteiger partial charge is 0.326 e. The number of anilines is 1. The number of fused-ring (bicyclic) bond motifs is 1. The van der Waals surface area contributed by atoms with Crippen LogP contribution in [0.15, 0.2) is 28.6 Å². The average molecular weight is 393 g/mol. The van der Waals surface area contributed by atoms with Crippen LogP contribution in [0, 0.1) is 6.92 Å². The summed E-state index contributed by atoms with van der Waals surface area (Å²) >= 11 is 1.64. The van der Waals surface area contributed by atoms with E-state index in [-0.39, 0.29) is 17.2 Å². The summed E-state index contributed by atoms with van der Waals surface area (Å²) in [7, 11) is -3.54. The molecule has 9 heteroatoms. The lowest BCUT2D eigenvalue weighted by atomic mass is 10.2. The number of hydrogen-bond donors (Lipinski definition) is 1. The number of benzene rings is 1. The highest BCUT2D eigenvalue weighted by Crippen LogP contribution is 2.28. The minimum Gasteiger partial charge on any atom is -0.326 e. The number of nitrogens with zero attached hydrogens (tertiary/aromatic N) is 3. The standard InChI is InChI=1S/C17H20N4O3S2/c1-12-16(25-11-18-12)10-20-4-6-21(7-5-20)26(23,24)14-2-3-15-13(8-14)9-17(22)19-15/h2-3,8,11H,4-7,9-10H2,1H3,(H,19,22). The van der Waals surface area contributed by atoms with E-state index >= 15 is 0 Å². The number of thiazole rings is 1. The maximum absolute atomic E-state index is 12.9. The van der Waals surface area contributed by atoms with Crippen LogP contribution < -0.4 is 5.32 Å². The van der Waals surface area contributed by atoms with Crippen LogP contribution in [0.2, 0.25) is 0 Å². The Morgan fingerprint density at radius 1 is 1.23 bits per heavy atom. The number of carbonyl (C=O) groups is 1. The smallest absolute Gasteiger partial charge is 0.243 e. The molecule has 2 aliphatic rings. The Hall–Kier alpha value is -1.81. The lowest BCUT2D eigenvalue weighted by Crippen LogP contribution is -2.48. The highest BCUT2D eigenvalue weighted by Gasteiger charge is 2.30. The lowest BCUT2D eigenvalue weighted by molar-refractivity contribution is -0.115. The van der Waals surface area contributed by atoms with Crippen LogP contribution in [0.4, 0.5) is 5.69 Å². The molecule has 1 aromatic carbocycles. The molecule has 2 aliphatic heterocycles. The van der Waals surface area contributed by atoms with Crippen LogP contribution in [0.1, 0.15) is 16.1 Å². The molecule has 1 saturated heterocycles. The first-order valence-electron chi connectivity index (χ1n) is 8.48. The lowest BCUT2D eigenvalue weighted by Gasteiger charge is -2.33. The Morgan fingerprint density at radius 2 is 2.00 bits per heavy atom. The number of aryl methyl sites for hydroxylation is 1. The number of nitrogens with one attached hydrogen (secondary N) is 1. The number of rotatable bonds is 4. The van der Waals surface area contributed by atoms with Crippen molar-refractivity contribution in [3.05, 3.63) is 39.8 Å². The third-order valence-electron chi connectivity index (χ3n) is 4.88. The van der Waals surface area contributed by atoms with Crippen LogP contribution >= 0.6 is 11.3 Å². The number of sulfonamides is 1. The van der Waals surface area contributed by atoms with Gasteiger partial charge in [-0.05, 0) is 30.7 Å². The van der Waals surface area contributed by atoms with Crippen LogP contribution in [-0.2, 0) is 27.8 Å². The predicted molar refractivity (Wildman–Crippen MR) is 99.7 cm³/mol. The predicted octanol–water partition coefficient (Wildman–Crippen LogP) is 1.45. The van der Waals surface area contributed by atoms with Crippen molar-refractivity contribution < 1.29 is 13.2 Å². The highest BCUT2D eigenvalue weighted by molar-refractivity contribution is 7.89. The molecule has 0 atom stereocenters. The molecule has 1 fully saturated rings. The van der Waals surface area contributed by atoms with E-state index in [2.05, 4.69) is 15.2 Å². The minimum atomic E-state index is -3.54. The zero-order chi connectivity index (χ0) is 18.3. The molecule has 0 saturated carbocycles. The first-order valence-corrected chi connectivity index (χ1v) is 10.8. The average Bonchev–Trinajstić information content (AvgIpc) is 3.19. The fraction of sp³-hybridized carbons (Fsp3) is 0.412. The highest BCUT2D eigenvalue weighted by atomic mass is 32.2. The SMILES string of the molecule is Cc1ncsc1CN1CCN(S(=O)(=O)c2ccc3c(c2)CC(=O)N3)CC1. The summed E-state index contributed by atoms with van der Waals surface area (Å²) in [6.45, 7) is 5.14. The van der Waals surface area contributed by atoms with Crippen molar-refractivity contribution >= 4 is 33.0 Å². The molecular weight excluding hydrogens is 372 g/mol. The van der Waals surface area contributed by atoms with Gasteiger partial charge in [0, 0.05) is 43.3 Å². The monoisotopic (exact) mass is 392 g/mol. The van der Waals surface area contributed by atoms with Gasteiger partial charge in [-0.3, -0.25) is 9.69 Å². The maximum atomic E-state index is 12.9.